The molecule has 1 aromatic carbocycles. The van der Waals surface area contributed by atoms with Gasteiger partial charge in [-0.2, -0.15) is 0 Å². The molecule has 3 nitrogen and oxygen atoms in total. The molecule has 0 aliphatic carbocycles. The van der Waals surface area contributed by atoms with E-state index < -0.39 is 0 Å². The van der Waals surface area contributed by atoms with Crippen LogP contribution in [-0.4, -0.2) is 31.6 Å². The van der Waals surface area contributed by atoms with E-state index >= 15 is 0 Å². The van der Waals surface area contributed by atoms with Gasteiger partial charge in [0.05, 0.1) is 7.11 Å². The second-order valence-corrected chi connectivity index (χ2v) is 4.41. The normalized spacial score (nSPS) is 10.6. The first kappa shape index (κ1) is 13.7. The summed E-state index contributed by atoms with van der Waals surface area (Å²) in [5, 5.41) is 0. The summed E-state index contributed by atoms with van der Waals surface area (Å²) >= 11 is 0. The standard InChI is InChI=1S/C14H21NO2/c1-12-6-4-7-13(10-12)11-15(2)9-5-8-14(16)17-3/h4,6-7,10H,5,8-9,11H2,1-3H3. The second kappa shape index (κ2) is 7.07. The first-order chi connectivity index (χ1) is 8.11. The van der Waals surface area contributed by atoms with Gasteiger partial charge in [0.1, 0.15) is 0 Å². The van der Waals surface area contributed by atoms with Gasteiger partial charge in [-0.05, 0) is 32.5 Å². The molecule has 1 rings (SSSR count). The molecule has 0 atom stereocenters. The minimum atomic E-state index is -0.131. The molecule has 0 unspecified atom stereocenters. The van der Waals surface area contributed by atoms with Gasteiger partial charge in [0, 0.05) is 13.0 Å². The maximum atomic E-state index is 11.0. The third kappa shape index (κ3) is 5.50. The predicted octanol–water partition coefficient (Wildman–Crippen LogP) is 2.38. The third-order valence-electron chi connectivity index (χ3n) is 2.68. The van der Waals surface area contributed by atoms with E-state index in [-0.39, 0.29) is 5.97 Å². The van der Waals surface area contributed by atoms with Crippen molar-refractivity contribution in [2.45, 2.75) is 26.3 Å². The Labute approximate surface area is 103 Å². The topological polar surface area (TPSA) is 29.5 Å². The fourth-order valence-electron chi connectivity index (χ4n) is 1.80. The summed E-state index contributed by atoms with van der Waals surface area (Å²) in [4.78, 5) is 13.2. The smallest absolute Gasteiger partial charge is 0.305 e. The number of carbonyl (C=O) groups excluding carboxylic acids is 1. The van der Waals surface area contributed by atoms with Crippen LogP contribution >= 0.6 is 0 Å². The molecule has 0 aliphatic heterocycles. The van der Waals surface area contributed by atoms with Crippen LogP contribution in [0.2, 0.25) is 0 Å². The van der Waals surface area contributed by atoms with Gasteiger partial charge in [-0.25, -0.2) is 0 Å². The van der Waals surface area contributed by atoms with Gasteiger partial charge in [0.25, 0.3) is 0 Å². The molecule has 0 N–H and O–H groups in total. The van der Waals surface area contributed by atoms with Gasteiger partial charge in [-0.3, -0.25) is 4.79 Å². The van der Waals surface area contributed by atoms with E-state index in [0.29, 0.717) is 6.42 Å². The van der Waals surface area contributed by atoms with E-state index in [1.807, 2.05) is 0 Å². The number of hydrogen-bond donors (Lipinski definition) is 0. The van der Waals surface area contributed by atoms with E-state index in [2.05, 4.69) is 47.9 Å². The van der Waals surface area contributed by atoms with Gasteiger partial charge < -0.3 is 9.64 Å². The SMILES string of the molecule is COC(=O)CCCN(C)Cc1cccc(C)c1. The van der Waals surface area contributed by atoms with Crippen LogP contribution in [0.5, 0.6) is 0 Å². The quantitative estimate of drug-likeness (QED) is 0.709. The van der Waals surface area contributed by atoms with Crippen molar-refractivity contribution in [2.24, 2.45) is 0 Å². The molecule has 0 heterocycles. The molecule has 17 heavy (non-hydrogen) atoms. The first-order valence-corrected chi connectivity index (χ1v) is 5.92. The highest BCUT2D eigenvalue weighted by atomic mass is 16.5. The summed E-state index contributed by atoms with van der Waals surface area (Å²) in [6, 6.07) is 8.49. The maximum Gasteiger partial charge on any atom is 0.305 e. The number of nitrogens with zero attached hydrogens (tertiary/aromatic N) is 1. The van der Waals surface area contributed by atoms with Crippen molar-refractivity contribution in [2.75, 3.05) is 20.7 Å². The number of rotatable bonds is 6. The van der Waals surface area contributed by atoms with E-state index in [9.17, 15) is 4.79 Å². The summed E-state index contributed by atoms with van der Waals surface area (Å²) in [5.41, 5.74) is 2.59. The Bertz CT molecular complexity index is 363. The molecule has 0 aromatic heterocycles. The van der Waals surface area contributed by atoms with Crippen LogP contribution in [0.15, 0.2) is 24.3 Å². The van der Waals surface area contributed by atoms with Crippen molar-refractivity contribution in [3.63, 3.8) is 0 Å². The lowest BCUT2D eigenvalue weighted by atomic mass is 10.1. The molecule has 0 bridgehead atoms. The van der Waals surface area contributed by atoms with Crippen molar-refractivity contribution in [3.8, 4) is 0 Å². The lowest BCUT2D eigenvalue weighted by Gasteiger charge is -2.16. The van der Waals surface area contributed by atoms with Crippen molar-refractivity contribution in [1.82, 2.24) is 4.90 Å². The Morgan fingerprint density at radius 1 is 1.41 bits per heavy atom. The zero-order chi connectivity index (χ0) is 12.7. The Kier molecular flexibility index (Phi) is 5.70. The highest BCUT2D eigenvalue weighted by molar-refractivity contribution is 5.69. The van der Waals surface area contributed by atoms with E-state index in [1.165, 1.54) is 18.2 Å². The fourth-order valence-corrected chi connectivity index (χ4v) is 1.80. The van der Waals surface area contributed by atoms with Crippen molar-refractivity contribution in [1.29, 1.82) is 0 Å². The fraction of sp³-hybridized carbons (Fsp3) is 0.500. The molecule has 0 amide bonds. The van der Waals surface area contributed by atoms with Gasteiger partial charge in [0.2, 0.25) is 0 Å². The molecule has 0 saturated carbocycles. The molecule has 0 saturated heterocycles. The number of methoxy groups -OCH3 is 1. The van der Waals surface area contributed by atoms with E-state index in [4.69, 9.17) is 0 Å². The van der Waals surface area contributed by atoms with Crippen molar-refractivity contribution in [3.05, 3.63) is 35.4 Å². The van der Waals surface area contributed by atoms with Crippen molar-refractivity contribution >= 4 is 5.97 Å². The molecule has 0 spiro atoms. The summed E-state index contributed by atoms with van der Waals surface area (Å²) in [7, 11) is 3.50. The number of ether oxygens (including phenoxy) is 1. The van der Waals surface area contributed by atoms with Gasteiger partial charge in [-0.15, -0.1) is 0 Å². The highest BCUT2D eigenvalue weighted by Gasteiger charge is 2.03. The first-order valence-electron chi connectivity index (χ1n) is 5.92. The largest absolute Gasteiger partial charge is 0.469 e. The van der Waals surface area contributed by atoms with Gasteiger partial charge >= 0.3 is 5.97 Å². The third-order valence-corrected chi connectivity index (χ3v) is 2.68. The van der Waals surface area contributed by atoms with Crippen LogP contribution in [0.1, 0.15) is 24.0 Å². The van der Waals surface area contributed by atoms with Crippen LogP contribution in [-0.2, 0) is 16.1 Å². The number of esters is 1. The van der Waals surface area contributed by atoms with Gasteiger partial charge in [0.15, 0.2) is 0 Å². The molecule has 0 radical (unpaired) electrons. The molecule has 1 aromatic rings. The van der Waals surface area contributed by atoms with Crippen LogP contribution in [0.4, 0.5) is 0 Å². The lowest BCUT2D eigenvalue weighted by Crippen LogP contribution is -2.20. The van der Waals surface area contributed by atoms with Crippen LogP contribution in [0, 0.1) is 6.92 Å². The van der Waals surface area contributed by atoms with Gasteiger partial charge in [-0.1, -0.05) is 29.8 Å². The Balaban J connectivity index is 2.29. The highest BCUT2D eigenvalue weighted by Crippen LogP contribution is 2.07. The molecule has 94 valence electrons. The molecule has 3 heteroatoms. The maximum absolute atomic E-state index is 11.0. The van der Waals surface area contributed by atoms with Crippen LogP contribution < -0.4 is 0 Å². The number of benzene rings is 1. The van der Waals surface area contributed by atoms with Crippen molar-refractivity contribution < 1.29 is 9.53 Å². The zero-order valence-electron chi connectivity index (χ0n) is 10.9. The second-order valence-electron chi connectivity index (χ2n) is 4.41. The Morgan fingerprint density at radius 2 is 2.18 bits per heavy atom. The zero-order valence-corrected chi connectivity index (χ0v) is 10.9. The van der Waals surface area contributed by atoms with Crippen LogP contribution in [0.25, 0.3) is 0 Å². The summed E-state index contributed by atoms with van der Waals surface area (Å²) in [6.45, 7) is 3.92. The predicted molar refractivity (Wildman–Crippen MR) is 68.8 cm³/mol. The average molecular weight is 235 g/mol. The molecular formula is C14H21NO2. The lowest BCUT2D eigenvalue weighted by molar-refractivity contribution is -0.140. The molecular weight excluding hydrogens is 214 g/mol. The number of hydrogen-bond acceptors (Lipinski definition) is 3. The molecule has 0 fully saturated rings. The number of aryl methyl sites for hydroxylation is 1. The van der Waals surface area contributed by atoms with E-state index in [1.54, 1.807) is 0 Å². The summed E-state index contributed by atoms with van der Waals surface area (Å²) in [6.07, 6.45) is 1.34. The summed E-state index contributed by atoms with van der Waals surface area (Å²) in [5.74, 6) is -0.131. The molecule has 0 aliphatic rings. The monoisotopic (exact) mass is 235 g/mol. The minimum Gasteiger partial charge on any atom is -0.469 e. The Morgan fingerprint density at radius 3 is 2.82 bits per heavy atom. The summed E-state index contributed by atoms with van der Waals surface area (Å²) < 4.78 is 4.61. The van der Waals surface area contributed by atoms with Crippen LogP contribution in [0.3, 0.4) is 0 Å². The van der Waals surface area contributed by atoms with E-state index in [0.717, 1.165) is 19.5 Å². The Hall–Kier alpha value is -1.35. The minimum absolute atomic E-state index is 0.131. The number of carbonyl (C=O) groups is 1. The average Bonchev–Trinajstić information content (AvgIpc) is 2.28.